The number of thiol groups is 1. The molecule has 0 radical (unpaired) electrons. The van der Waals surface area contributed by atoms with Gasteiger partial charge < -0.3 is 14.5 Å². The van der Waals surface area contributed by atoms with E-state index in [0.29, 0.717) is 6.61 Å². The van der Waals surface area contributed by atoms with Crippen molar-refractivity contribution in [3.8, 4) is 5.75 Å². The van der Waals surface area contributed by atoms with E-state index >= 15 is 0 Å². The second-order valence-corrected chi connectivity index (χ2v) is 4.49. The lowest BCUT2D eigenvalue weighted by Crippen LogP contribution is -2.13. The van der Waals surface area contributed by atoms with Gasteiger partial charge in [0.2, 0.25) is 0 Å². The molecule has 0 fully saturated rings. The number of ether oxygens (including phenoxy) is 1. The van der Waals surface area contributed by atoms with E-state index in [1.165, 1.54) is 0 Å². The van der Waals surface area contributed by atoms with E-state index in [9.17, 15) is 0 Å². The van der Waals surface area contributed by atoms with Crippen LogP contribution in [0.25, 0.3) is 0 Å². The molecule has 0 saturated heterocycles. The van der Waals surface area contributed by atoms with Crippen LogP contribution in [0.5, 0.6) is 5.75 Å². The lowest BCUT2D eigenvalue weighted by atomic mass is 10.2. The van der Waals surface area contributed by atoms with Crippen molar-refractivity contribution < 1.29 is 4.74 Å². The van der Waals surface area contributed by atoms with Gasteiger partial charge in [0.15, 0.2) is 0 Å². The van der Waals surface area contributed by atoms with Crippen LogP contribution < -0.4 is 14.5 Å². The topological polar surface area (TPSA) is 15.7 Å². The molecule has 0 amide bonds. The summed E-state index contributed by atoms with van der Waals surface area (Å²) in [5, 5.41) is 0. The van der Waals surface area contributed by atoms with E-state index in [-0.39, 0.29) is 0 Å². The van der Waals surface area contributed by atoms with Crippen molar-refractivity contribution in [2.24, 2.45) is 0 Å². The van der Waals surface area contributed by atoms with Crippen molar-refractivity contribution in [1.82, 2.24) is 0 Å². The maximum atomic E-state index is 5.61. The van der Waals surface area contributed by atoms with Crippen molar-refractivity contribution in [3.63, 3.8) is 0 Å². The standard InChI is InChI=1S/C12H20N2OS/c1-13(2)10-7-11(14(3)4)9-12(8-10)15-5-6-16/h7-9,16H,5-6H2,1-4H3. The predicted octanol–water partition coefficient (Wildman–Crippen LogP) is 2.13. The molecule has 1 aromatic rings. The summed E-state index contributed by atoms with van der Waals surface area (Å²) in [6.07, 6.45) is 0. The molecule has 0 aromatic heterocycles. The molecule has 1 rings (SSSR count). The van der Waals surface area contributed by atoms with Crippen LogP contribution in [-0.4, -0.2) is 40.6 Å². The van der Waals surface area contributed by atoms with Crippen molar-refractivity contribution >= 4 is 24.0 Å². The second-order valence-electron chi connectivity index (χ2n) is 4.05. The maximum Gasteiger partial charge on any atom is 0.123 e. The smallest absolute Gasteiger partial charge is 0.123 e. The van der Waals surface area contributed by atoms with Gasteiger partial charge in [-0.25, -0.2) is 0 Å². The average molecular weight is 240 g/mol. The van der Waals surface area contributed by atoms with E-state index < -0.39 is 0 Å². The molecule has 0 aliphatic heterocycles. The van der Waals surface area contributed by atoms with Crippen LogP contribution in [0.4, 0.5) is 11.4 Å². The van der Waals surface area contributed by atoms with Crippen molar-refractivity contribution in [3.05, 3.63) is 18.2 Å². The van der Waals surface area contributed by atoms with E-state index in [4.69, 9.17) is 4.74 Å². The van der Waals surface area contributed by atoms with Crippen LogP contribution >= 0.6 is 12.6 Å². The Balaban J connectivity index is 2.99. The molecule has 90 valence electrons. The Morgan fingerprint density at radius 1 is 1.00 bits per heavy atom. The summed E-state index contributed by atoms with van der Waals surface area (Å²) in [4.78, 5) is 4.14. The van der Waals surface area contributed by atoms with Crippen molar-refractivity contribution in [2.75, 3.05) is 50.4 Å². The Kier molecular flexibility index (Phi) is 4.80. The largest absolute Gasteiger partial charge is 0.493 e. The fourth-order valence-electron chi connectivity index (χ4n) is 1.33. The molecule has 0 N–H and O–H groups in total. The third kappa shape index (κ3) is 3.52. The molecule has 0 heterocycles. The van der Waals surface area contributed by atoms with Crippen LogP contribution in [-0.2, 0) is 0 Å². The molecule has 1 aromatic carbocycles. The predicted molar refractivity (Wildman–Crippen MR) is 74.4 cm³/mol. The lowest BCUT2D eigenvalue weighted by molar-refractivity contribution is 0.344. The number of rotatable bonds is 5. The molecular weight excluding hydrogens is 220 g/mol. The van der Waals surface area contributed by atoms with Gasteiger partial charge in [-0.3, -0.25) is 0 Å². The monoisotopic (exact) mass is 240 g/mol. The van der Waals surface area contributed by atoms with Crippen LogP contribution in [0.1, 0.15) is 0 Å². The summed E-state index contributed by atoms with van der Waals surface area (Å²) in [5.41, 5.74) is 2.28. The number of hydrogen-bond acceptors (Lipinski definition) is 4. The quantitative estimate of drug-likeness (QED) is 0.794. The SMILES string of the molecule is CN(C)c1cc(OCCS)cc(N(C)C)c1. The van der Waals surface area contributed by atoms with Crippen molar-refractivity contribution in [2.45, 2.75) is 0 Å². The van der Waals surface area contributed by atoms with Gasteiger partial charge in [0.25, 0.3) is 0 Å². The Bertz CT molecular complexity index is 314. The molecule has 0 atom stereocenters. The normalized spacial score (nSPS) is 10.1. The van der Waals surface area contributed by atoms with Crippen LogP contribution in [0, 0.1) is 0 Å². The zero-order valence-corrected chi connectivity index (χ0v) is 11.3. The highest BCUT2D eigenvalue weighted by Gasteiger charge is 2.04. The number of anilines is 2. The zero-order chi connectivity index (χ0) is 12.1. The van der Waals surface area contributed by atoms with Crippen LogP contribution in [0.3, 0.4) is 0 Å². The van der Waals surface area contributed by atoms with E-state index in [1.807, 2.05) is 40.3 Å². The van der Waals surface area contributed by atoms with Gasteiger partial charge >= 0.3 is 0 Å². The molecule has 0 bridgehead atoms. The van der Waals surface area contributed by atoms with Gasteiger partial charge in [-0.15, -0.1) is 0 Å². The number of nitrogens with zero attached hydrogens (tertiary/aromatic N) is 2. The summed E-state index contributed by atoms with van der Waals surface area (Å²) in [6.45, 7) is 0.632. The van der Waals surface area contributed by atoms with Crippen molar-refractivity contribution in [1.29, 1.82) is 0 Å². The summed E-state index contributed by atoms with van der Waals surface area (Å²) in [7, 11) is 8.10. The maximum absolute atomic E-state index is 5.61. The molecule has 4 heteroatoms. The number of benzene rings is 1. The summed E-state index contributed by atoms with van der Waals surface area (Å²) in [6, 6.07) is 6.21. The van der Waals surface area contributed by atoms with Gasteiger partial charge in [-0.05, 0) is 6.07 Å². The molecule has 0 aliphatic rings. The highest BCUT2D eigenvalue weighted by atomic mass is 32.1. The zero-order valence-electron chi connectivity index (χ0n) is 10.4. The molecule has 0 spiro atoms. The van der Waals surface area contributed by atoms with E-state index in [0.717, 1.165) is 22.9 Å². The minimum atomic E-state index is 0.632. The molecule has 3 nitrogen and oxygen atoms in total. The van der Waals surface area contributed by atoms with Gasteiger partial charge in [0.05, 0.1) is 6.61 Å². The first-order valence-electron chi connectivity index (χ1n) is 5.28. The molecule has 0 aliphatic carbocycles. The van der Waals surface area contributed by atoms with Gasteiger partial charge in [-0.2, -0.15) is 12.6 Å². The Hall–Kier alpha value is -1.03. The van der Waals surface area contributed by atoms with Gasteiger partial charge in [0.1, 0.15) is 5.75 Å². The molecular formula is C12H20N2OS. The van der Waals surface area contributed by atoms with Crippen LogP contribution in [0.2, 0.25) is 0 Å². The first-order valence-corrected chi connectivity index (χ1v) is 5.91. The minimum absolute atomic E-state index is 0.632. The number of hydrogen-bond donors (Lipinski definition) is 1. The van der Waals surface area contributed by atoms with Gasteiger partial charge in [-0.1, -0.05) is 0 Å². The lowest BCUT2D eigenvalue weighted by Gasteiger charge is -2.19. The van der Waals surface area contributed by atoms with Gasteiger partial charge in [0, 0.05) is 57.5 Å². The second kappa shape index (κ2) is 5.89. The van der Waals surface area contributed by atoms with Crippen LogP contribution in [0.15, 0.2) is 18.2 Å². The first kappa shape index (κ1) is 13.0. The average Bonchev–Trinajstić information content (AvgIpc) is 2.25. The highest BCUT2D eigenvalue weighted by Crippen LogP contribution is 2.27. The summed E-state index contributed by atoms with van der Waals surface area (Å²) < 4.78 is 5.61. The van der Waals surface area contributed by atoms with E-state index in [1.54, 1.807) is 0 Å². The highest BCUT2D eigenvalue weighted by molar-refractivity contribution is 7.80. The first-order chi connectivity index (χ1) is 7.54. The molecule has 0 unspecified atom stereocenters. The van der Waals surface area contributed by atoms with E-state index in [2.05, 4.69) is 28.5 Å². The third-order valence-corrected chi connectivity index (χ3v) is 2.45. The third-order valence-electron chi connectivity index (χ3n) is 2.27. The fraction of sp³-hybridized carbons (Fsp3) is 0.500. The Morgan fingerprint density at radius 3 is 1.88 bits per heavy atom. The molecule has 16 heavy (non-hydrogen) atoms. The summed E-state index contributed by atoms with van der Waals surface area (Å²) >= 11 is 4.14. The summed E-state index contributed by atoms with van der Waals surface area (Å²) in [5.74, 6) is 1.62. The fourth-order valence-corrected chi connectivity index (χ4v) is 1.42. The Morgan fingerprint density at radius 2 is 1.50 bits per heavy atom. The minimum Gasteiger partial charge on any atom is -0.493 e. The molecule has 0 saturated carbocycles. The Labute approximate surface area is 103 Å².